The zero-order valence-corrected chi connectivity index (χ0v) is 15.3. The molecule has 2 saturated heterocycles. The zero-order chi connectivity index (χ0) is 14.6. The molecule has 22 heavy (non-hydrogen) atoms. The van der Waals surface area contributed by atoms with Crippen molar-refractivity contribution in [2.24, 2.45) is 11.7 Å². The minimum absolute atomic E-state index is 0. The van der Waals surface area contributed by atoms with Crippen LogP contribution in [-0.2, 0) is 9.53 Å². The third-order valence-corrected chi connectivity index (χ3v) is 4.38. The van der Waals surface area contributed by atoms with Gasteiger partial charge in [0, 0.05) is 38.9 Å². The van der Waals surface area contributed by atoms with Crippen molar-refractivity contribution < 1.29 is 9.53 Å². The highest BCUT2D eigenvalue weighted by Crippen LogP contribution is 2.19. The van der Waals surface area contributed by atoms with Crippen LogP contribution in [-0.4, -0.2) is 55.2 Å². The molecule has 0 spiro atoms. The maximum atomic E-state index is 12.3. The van der Waals surface area contributed by atoms with Crippen LogP contribution in [0, 0.1) is 5.92 Å². The second kappa shape index (κ2) is 9.93. The van der Waals surface area contributed by atoms with Crippen LogP contribution in [0.2, 0.25) is 0 Å². The maximum absolute atomic E-state index is 12.3. The Kier molecular flexibility index (Phi) is 9.90. The molecule has 0 bridgehead atoms. The van der Waals surface area contributed by atoms with Crippen LogP contribution in [0.1, 0.15) is 39.5 Å². The fraction of sp³-hybridized carbons (Fsp3) is 0.933. The van der Waals surface area contributed by atoms with Crippen LogP contribution in [0.25, 0.3) is 0 Å². The summed E-state index contributed by atoms with van der Waals surface area (Å²) in [5.41, 5.74) is 5.50. The molecule has 3 N–H and O–H groups in total. The van der Waals surface area contributed by atoms with Gasteiger partial charge in [0.25, 0.3) is 0 Å². The van der Waals surface area contributed by atoms with E-state index in [1.165, 1.54) is 0 Å². The van der Waals surface area contributed by atoms with Gasteiger partial charge >= 0.3 is 0 Å². The number of nitrogens with two attached hydrogens (primary N) is 1. The van der Waals surface area contributed by atoms with E-state index in [1.807, 2.05) is 0 Å². The average Bonchev–Trinajstić information content (AvgIpc) is 2.41. The van der Waals surface area contributed by atoms with E-state index in [1.54, 1.807) is 0 Å². The second-order valence-electron chi connectivity index (χ2n) is 6.71. The molecule has 2 fully saturated rings. The van der Waals surface area contributed by atoms with Gasteiger partial charge < -0.3 is 20.7 Å². The number of nitrogens with zero attached hydrogens (tertiary/aromatic N) is 1. The Morgan fingerprint density at radius 1 is 1.27 bits per heavy atom. The normalized spacial score (nSPS) is 22.5. The quantitative estimate of drug-likeness (QED) is 0.803. The van der Waals surface area contributed by atoms with E-state index in [-0.39, 0.29) is 36.8 Å². The number of piperidine rings is 1. The van der Waals surface area contributed by atoms with Crippen molar-refractivity contribution in [2.75, 3.05) is 32.8 Å². The number of carbonyl (C=O) groups excluding carboxylic acids is 1. The molecule has 132 valence electrons. The third kappa shape index (κ3) is 6.20. The first-order valence-electron chi connectivity index (χ1n) is 7.89. The monoisotopic (exact) mass is 355 g/mol. The number of rotatable bonds is 4. The molecule has 0 aromatic heterocycles. The van der Waals surface area contributed by atoms with Crippen LogP contribution >= 0.6 is 24.8 Å². The lowest BCUT2D eigenvalue weighted by molar-refractivity contribution is -0.130. The van der Waals surface area contributed by atoms with Gasteiger partial charge in [0.15, 0.2) is 0 Å². The summed E-state index contributed by atoms with van der Waals surface area (Å²) in [5, 5.41) is 3.16. The Hall–Kier alpha value is -0.0700. The largest absolute Gasteiger partial charge is 0.381 e. The van der Waals surface area contributed by atoms with E-state index < -0.39 is 5.54 Å². The number of amides is 1. The summed E-state index contributed by atoms with van der Waals surface area (Å²) < 4.78 is 5.29. The van der Waals surface area contributed by atoms with Crippen LogP contribution < -0.4 is 11.1 Å². The predicted octanol–water partition coefficient (Wildman–Crippen LogP) is 1.57. The molecule has 0 aromatic carbocycles. The van der Waals surface area contributed by atoms with E-state index in [2.05, 4.69) is 24.1 Å². The highest BCUT2D eigenvalue weighted by Gasteiger charge is 2.37. The van der Waals surface area contributed by atoms with Gasteiger partial charge in [0.05, 0.1) is 5.54 Å². The number of nitrogens with one attached hydrogen (secondary N) is 1. The number of hydrogen-bond acceptors (Lipinski definition) is 4. The summed E-state index contributed by atoms with van der Waals surface area (Å²) in [7, 11) is 0. The van der Waals surface area contributed by atoms with Gasteiger partial charge in [-0.2, -0.15) is 0 Å². The number of ether oxygens (including phenoxy) is 1. The van der Waals surface area contributed by atoms with Crippen molar-refractivity contribution >= 4 is 30.7 Å². The smallest absolute Gasteiger partial charge is 0.240 e. The van der Waals surface area contributed by atoms with E-state index in [0.717, 1.165) is 32.5 Å². The second-order valence-corrected chi connectivity index (χ2v) is 6.71. The molecular formula is C15H31Cl2N3O2. The number of halogens is 2. The third-order valence-electron chi connectivity index (χ3n) is 4.38. The minimum Gasteiger partial charge on any atom is -0.381 e. The first kappa shape index (κ1) is 21.9. The lowest BCUT2D eigenvalue weighted by Crippen LogP contribution is -2.59. The summed E-state index contributed by atoms with van der Waals surface area (Å²) in [6, 6.07) is 0.286. The summed E-state index contributed by atoms with van der Waals surface area (Å²) in [4.78, 5) is 14.8. The molecule has 2 aliphatic heterocycles. The molecule has 0 unspecified atom stereocenters. The van der Waals surface area contributed by atoms with E-state index >= 15 is 0 Å². The van der Waals surface area contributed by atoms with Crippen molar-refractivity contribution in [3.63, 3.8) is 0 Å². The predicted molar refractivity (Wildman–Crippen MR) is 93.9 cm³/mol. The topological polar surface area (TPSA) is 67.6 Å². The molecule has 0 saturated carbocycles. The highest BCUT2D eigenvalue weighted by atomic mass is 35.5. The van der Waals surface area contributed by atoms with E-state index in [9.17, 15) is 4.79 Å². The lowest BCUT2D eigenvalue weighted by Gasteiger charge is -2.37. The lowest BCUT2D eigenvalue weighted by atomic mass is 9.89. The molecule has 0 radical (unpaired) electrons. The van der Waals surface area contributed by atoms with Gasteiger partial charge in [-0.1, -0.05) is 13.8 Å². The minimum atomic E-state index is -0.715. The first-order valence-corrected chi connectivity index (χ1v) is 7.89. The number of carbonyl (C=O) groups is 1. The molecule has 2 heterocycles. The number of likely N-dealkylation sites (tertiary alicyclic amines) is 1. The molecule has 0 aromatic rings. The molecule has 2 aliphatic rings. The van der Waals surface area contributed by atoms with Crippen LogP contribution in [0.5, 0.6) is 0 Å². The van der Waals surface area contributed by atoms with Crippen molar-refractivity contribution in [1.82, 2.24) is 10.2 Å². The van der Waals surface area contributed by atoms with Gasteiger partial charge in [-0.3, -0.25) is 4.79 Å². The Balaban J connectivity index is 0.00000220. The van der Waals surface area contributed by atoms with Crippen molar-refractivity contribution in [2.45, 2.75) is 51.1 Å². The highest BCUT2D eigenvalue weighted by molar-refractivity contribution is 5.86. The van der Waals surface area contributed by atoms with E-state index in [0.29, 0.717) is 32.0 Å². The summed E-state index contributed by atoms with van der Waals surface area (Å²) in [5.74, 6) is 0.721. The molecular weight excluding hydrogens is 325 g/mol. The Morgan fingerprint density at radius 2 is 1.82 bits per heavy atom. The SMILES string of the molecule is CC(C)CN1CCC(NC(=O)C2(N)CCOCC2)CC1.Cl.Cl. The summed E-state index contributed by atoms with van der Waals surface area (Å²) >= 11 is 0. The maximum Gasteiger partial charge on any atom is 0.240 e. The van der Waals surface area contributed by atoms with Crippen LogP contribution in [0.4, 0.5) is 0 Å². The van der Waals surface area contributed by atoms with Gasteiger partial charge in [0.1, 0.15) is 0 Å². The molecule has 1 amide bonds. The Bertz CT molecular complexity index is 329. The molecule has 7 heteroatoms. The Morgan fingerprint density at radius 3 is 2.32 bits per heavy atom. The fourth-order valence-corrected chi connectivity index (χ4v) is 3.07. The summed E-state index contributed by atoms with van der Waals surface area (Å²) in [6.45, 7) is 8.98. The molecule has 0 aliphatic carbocycles. The Labute approximate surface area is 146 Å². The van der Waals surface area contributed by atoms with E-state index in [4.69, 9.17) is 10.5 Å². The van der Waals surface area contributed by atoms with Gasteiger partial charge in [-0.15, -0.1) is 24.8 Å². The number of hydrogen-bond donors (Lipinski definition) is 2. The fourth-order valence-electron chi connectivity index (χ4n) is 3.07. The standard InChI is InChI=1S/C15H29N3O2.2ClH/c1-12(2)11-18-7-3-13(4-8-18)17-14(19)15(16)5-9-20-10-6-15;;/h12-13H,3-11,16H2,1-2H3,(H,17,19);2*1H. The van der Waals surface area contributed by atoms with Crippen LogP contribution in [0.3, 0.4) is 0 Å². The van der Waals surface area contributed by atoms with Crippen molar-refractivity contribution in [1.29, 1.82) is 0 Å². The van der Waals surface area contributed by atoms with Gasteiger partial charge in [-0.05, 0) is 31.6 Å². The first-order chi connectivity index (χ1) is 9.49. The molecule has 0 atom stereocenters. The molecule has 5 nitrogen and oxygen atoms in total. The van der Waals surface area contributed by atoms with Gasteiger partial charge in [-0.25, -0.2) is 0 Å². The van der Waals surface area contributed by atoms with Crippen molar-refractivity contribution in [3.8, 4) is 0 Å². The average molecular weight is 356 g/mol. The summed E-state index contributed by atoms with van der Waals surface area (Å²) in [6.07, 6.45) is 3.33. The zero-order valence-electron chi connectivity index (χ0n) is 13.7. The van der Waals surface area contributed by atoms with Gasteiger partial charge in [0.2, 0.25) is 5.91 Å². The molecule has 2 rings (SSSR count). The van der Waals surface area contributed by atoms with Crippen molar-refractivity contribution in [3.05, 3.63) is 0 Å². The van der Waals surface area contributed by atoms with Crippen LogP contribution in [0.15, 0.2) is 0 Å².